The van der Waals surface area contributed by atoms with Crippen LogP contribution in [0.25, 0.3) is 0 Å². The molecular weight excluding hydrogens is 210 g/mol. The fourth-order valence-electron chi connectivity index (χ4n) is 2.00. The molecule has 17 heavy (non-hydrogen) atoms. The first-order valence-corrected chi connectivity index (χ1v) is 6.76. The summed E-state index contributed by atoms with van der Waals surface area (Å²) in [5.41, 5.74) is 1.34. The van der Waals surface area contributed by atoms with E-state index in [0.717, 1.165) is 31.5 Å². The summed E-state index contributed by atoms with van der Waals surface area (Å²) >= 11 is 0. The van der Waals surface area contributed by atoms with Gasteiger partial charge < -0.3 is 10.2 Å². The van der Waals surface area contributed by atoms with Crippen LogP contribution in [0.3, 0.4) is 0 Å². The van der Waals surface area contributed by atoms with E-state index in [1.54, 1.807) is 0 Å². The minimum Gasteiger partial charge on any atom is -0.357 e. The van der Waals surface area contributed by atoms with Crippen molar-refractivity contribution in [1.29, 1.82) is 0 Å². The highest BCUT2D eigenvalue weighted by atomic mass is 15.2. The van der Waals surface area contributed by atoms with E-state index in [1.165, 1.54) is 24.8 Å². The quantitative estimate of drug-likeness (QED) is 0.784. The van der Waals surface area contributed by atoms with E-state index >= 15 is 0 Å². The monoisotopic (exact) mass is 233 g/mol. The molecule has 3 nitrogen and oxygen atoms in total. The first-order chi connectivity index (χ1) is 8.33. The standard InChI is InChI=1S/C14H23N3/c1-3-9-17(4-2)14-10-12(7-8-15-14)11-16-13-5-6-13/h7-8,10,13,16H,3-6,9,11H2,1-2H3. The average Bonchev–Trinajstić information content (AvgIpc) is 3.18. The molecular formula is C14H23N3. The van der Waals surface area contributed by atoms with Crippen molar-refractivity contribution in [2.75, 3.05) is 18.0 Å². The molecule has 0 atom stereocenters. The molecule has 94 valence electrons. The van der Waals surface area contributed by atoms with Crippen LogP contribution in [0.2, 0.25) is 0 Å². The van der Waals surface area contributed by atoms with Crippen LogP contribution >= 0.6 is 0 Å². The minimum absolute atomic E-state index is 0.768. The van der Waals surface area contributed by atoms with Gasteiger partial charge in [0, 0.05) is 31.9 Å². The summed E-state index contributed by atoms with van der Waals surface area (Å²) in [4.78, 5) is 6.80. The third-order valence-corrected chi connectivity index (χ3v) is 3.18. The first-order valence-electron chi connectivity index (χ1n) is 6.76. The molecule has 1 fully saturated rings. The second-order valence-corrected chi connectivity index (χ2v) is 4.76. The van der Waals surface area contributed by atoms with Crippen molar-refractivity contribution >= 4 is 5.82 Å². The Bertz CT molecular complexity index is 347. The molecule has 1 aliphatic rings. The zero-order valence-electron chi connectivity index (χ0n) is 10.9. The van der Waals surface area contributed by atoms with Gasteiger partial charge in [0.15, 0.2) is 0 Å². The van der Waals surface area contributed by atoms with Gasteiger partial charge in [-0.15, -0.1) is 0 Å². The predicted molar refractivity (Wildman–Crippen MR) is 72.3 cm³/mol. The molecule has 1 saturated carbocycles. The maximum absolute atomic E-state index is 4.47. The molecule has 1 aliphatic carbocycles. The van der Waals surface area contributed by atoms with Crippen LogP contribution in [0.5, 0.6) is 0 Å². The lowest BCUT2D eigenvalue weighted by Gasteiger charge is -2.21. The highest BCUT2D eigenvalue weighted by Crippen LogP contribution is 2.20. The Morgan fingerprint density at radius 1 is 1.41 bits per heavy atom. The van der Waals surface area contributed by atoms with E-state index in [0.29, 0.717) is 0 Å². The number of pyridine rings is 1. The number of nitrogens with zero attached hydrogens (tertiary/aromatic N) is 2. The first kappa shape index (κ1) is 12.4. The second kappa shape index (κ2) is 6.01. The van der Waals surface area contributed by atoms with E-state index in [1.807, 2.05) is 6.20 Å². The van der Waals surface area contributed by atoms with Crippen LogP contribution in [-0.2, 0) is 6.54 Å². The molecule has 1 N–H and O–H groups in total. The molecule has 0 bridgehead atoms. The topological polar surface area (TPSA) is 28.2 Å². The van der Waals surface area contributed by atoms with Crippen molar-refractivity contribution in [3.05, 3.63) is 23.9 Å². The van der Waals surface area contributed by atoms with Gasteiger partial charge in [-0.05, 0) is 43.9 Å². The molecule has 0 amide bonds. The van der Waals surface area contributed by atoms with Gasteiger partial charge in [0.1, 0.15) is 5.82 Å². The molecule has 0 aliphatic heterocycles. The lowest BCUT2D eigenvalue weighted by Crippen LogP contribution is -2.24. The Kier molecular flexibility index (Phi) is 4.37. The molecule has 0 aromatic carbocycles. The summed E-state index contributed by atoms with van der Waals surface area (Å²) in [5.74, 6) is 1.12. The normalized spacial score (nSPS) is 14.9. The van der Waals surface area contributed by atoms with Gasteiger partial charge in [0.2, 0.25) is 0 Å². The van der Waals surface area contributed by atoms with Gasteiger partial charge in [-0.2, -0.15) is 0 Å². The number of nitrogens with one attached hydrogen (secondary N) is 1. The number of anilines is 1. The Hall–Kier alpha value is -1.09. The van der Waals surface area contributed by atoms with Crippen molar-refractivity contribution in [3.8, 4) is 0 Å². The number of rotatable bonds is 7. The maximum atomic E-state index is 4.47. The second-order valence-electron chi connectivity index (χ2n) is 4.76. The predicted octanol–water partition coefficient (Wildman–Crippen LogP) is 2.57. The molecule has 1 heterocycles. The summed E-state index contributed by atoms with van der Waals surface area (Å²) < 4.78 is 0. The molecule has 0 spiro atoms. The Morgan fingerprint density at radius 3 is 2.88 bits per heavy atom. The maximum Gasteiger partial charge on any atom is 0.128 e. The zero-order chi connectivity index (χ0) is 12.1. The highest BCUT2D eigenvalue weighted by Gasteiger charge is 2.20. The van der Waals surface area contributed by atoms with Crippen molar-refractivity contribution in [1.82, 2.24) is 10.3 Å². The molecule has 1 aromatic heterocycles. The van der Waals surface area contributed by atoms with E-state index in [2.05, 4.69) is 41.2 Å². The third-order valence-electron chi connectivity index (χ3n) is 3.18. The van der Waals surface area contributed by atoms with Gasteiger partial charge in [0.25, 0.3) is 0 Å². The van der Waals surface area contributed by atoms with Gasteiger partial charge in [-0.25, -0.2) is 4.98 Å². The van der Waals surface area contributed by atoms with Gasteiger partial charge in [-0.1, -0.05) is 6.92 Å². The van der Waals surface area contributed by atoms with Gasteiger partial charge in [-0.3, -0.25) is 0 Å². The Balaban J connectivity index is 1.97. The Labute approximate surface area is 104 Å². The molecule has 0 unspecified atom stereocenters. The molecule has 2 rings (SSSR count). The van der Waals surface area contributed by atoms with E-state index in [4.69, 9.17) is 0 Å². The van der Waals surface area contributed by atoms with Crippen LogP contribution in [0.1, 0.15) is 38.7 Å². The number of aromatic nitrogens is 1. The van der Waals surface area contributed by atoms with Crippen LogP contribution in [0.15, 0.2) is 18.3 Å². The highest BCUT2D eigenvalue weighted by molar-refractivity contribution is 5.40. The summed E-state index contributed by atoms with van der Waals surface area (Å²) in [6.07, 6.45) is 5.78. The van der Waals surface area contributed by atoms with Crippen LogP contribution in [0.4, 0.5) is 5.82 Å². The molecule has 3 heteroatoms. The van der Waals surface area contributed by atoms with E-state index < -0.39 is 0 Å². The van der Waals surface area contributed by atoms with Crippen molar-refractivity contribution in [3.63, 3.8) is 0 Å². The molecule has 1 aromatic rings. The van der Waals surface area contributed by atoms with E-state index in [-0.39, 0.29) is 0 Å². The number of hydrogen-bond donors (Lipinski definition) is 1. The fraction of sp³-hybridized carbons (Fsp3) is 0.643. The summed E-state index contributed by atoms with van der Waals surface area (Å²) in [7, 11) is 0. The van der Waals surface area contributed by atoms with Gasteiger partial charge in [0.05, 0.1) is 0 Å². The minimum atomic E-state index is 0.768. The lowest BCUT2D eigenvalue weighted by molar-refractivity contribution is 0.686. The van der Waals surface area contributed by atoms with Crippen LogP contribution in [-0.4, -0.2) is 24.1 Å². The van der Waals surface area contributed by atoms with Crippen LogP contribution < -0.4 is 10.2 Å². The zero-order valence-corrected chi connectivity index (χ0v) is 10.9. The average molecular weight is 233 g/mol. The van der Waals surface area contributed by atoms with E-state index in [9.17, 15) is 0 Å². The largest absolute Gasteiger partial charge is 0.357 e. The van der Waals surface area contributed by atoms with Crippen molar-refractivity contribution in [2.24, 2.45) is 0 Å². The van der Waals surface area contributed by atoms with Crippen LogP contribution in [0, 0.1) is 0 Å². The summed E-state index contributed by atoms with van der Waals surface area (Å²) in [6, 6.07) is 5.09. The van der Waals surface area contributed by atoms with Crippen molar-refractivity contribution in [2.45, 2.75) is 45.7 Å². The van der Waals surface area contributed by atoms with Crippen molar-refractivity contribution < 1.29 is 0 Å². The number of hydrogen-bond acceptors (Lipinski definition) is 3. The fourth-order valence-corrected chi connectivity index (χ4v) is 2.00. The summed E-state index contributed by atoms with van der Waals surface area (Å²) in [6.45, 7) is 7.49. The Morgan fingerprint density at radius 2 is 2.24 bits per heavy atom. The van der Waals surface area contributed by atoms with Gasteiger partial charge >= 0.3 is 0 Å². The SMILES string of the molecule is CCCN(CC)c1cc(CNC2CC2)ccn1. The molecule has 0 saturated heterocycles. The summed E-state index contributed by atoms with van der Waals surface area (Å²) in [5, 5.41) is 3.54. The molecule has 0 radical (unpaired) electrons. The lowest BCUT2D eigenvalue weighted by atomic mass is 10.2. The third kappa shape index (κ3) is 3.70. The smallest absolute Gasteiger partial charge is 0.128 e.